The number of hydrogen-bond donors (Lipinski definition) is 2. The van der Waals surface area contributed by atoms with Crippen molar-refractivity contribution in [3.63, 3.8) is 0 Å². The summed E-state index contributed by atoms with van der Waals surface area (Å²) in [6, 6.07) is 0.417. The van der Waals surface area contributed by atoms with Gasteiger partial charge < -0.3 is 10.6 Å². The van der Waals surface area contributed by atoms with Gasteiger partial charge in [0.1, 0.15) is 0 Å². The van der Waals surface area contributed by atoms with Crippen molar-refractivity contribution >= 4 is 17.5 Å². The fraction of sp³-hybridized carbons (Fsp3) is 0.476. The first-order chi connectivity index (χ1) is 16.1. The Morgan fingerprint density at radius 3 is 1.94 bits per heavy atom. The number of rotatable bonds is 5. The van der Waals surface area contributed by atoms with Crippen molar-refractivity contribution in [2.24, 2.45) is 5.92 Å². The van der Waals surface area contributed by atoms with Crippen LogP contribution in [-0.4, -0.2) is 22.4 Å². The molecule has 0 unspecified atom stereocenters. The molecule has 1 fully saturated rings. The number of alkyl halides is 9. The van der Waals surface area contributed by atoms with E-state index in [-0.39, 0.29) is 30.7 Å². The number of anilines is 2. The molecule has 0 saturated heterocycles. The second-order valence-electron chi connectivity index (χ2n) is 8.09. The lowest BCUT2D eigenvalue weighted by molar-refractivity contribution is -0.143. The molecule has 0 spiro atoms. The number of benzene rings is 1. The second-order valence-corrected chi connectivity index (χ2v) is 8.09. The summed E-state index contributed by atoms with van der Waals surface area (Å²) in [5.74, 6) is -1.91. The molecule has 0 atom stereocenters. The summed E-state index contributed by atoms with van der Waals surface area (Å²) in [5, 5.41) is 4.35. The van der Waals surface area contributed by atoms with Crippen molar-refractivity contribution in [1.29, 1.82) is 0 Å². The van der Waals surface area contributed by atoms with Crippen LogP contribution in [0.5, 0.6) is 0 Å². The van der Waals surface area contributed by atoms with Gasteiger partial charge in [-0.1, -0.05) is 19.3 Å². The van der Waals surface area contributed by atoms with E-state index < -0.39 is 58.5 Å². The van der Waals surface area contributed by atoms with Crippen molar-refractivity contribution in [2.45, 2.75) is 50.6 Å². The average Bonchev–Trinajstić information content (AvgIpc) is 2.76. The van der Waals surface area contributed by atoms with E-state index >= 15 is 0 Å². The van der Waals surface area contributed by atoms with Crippen LogP contribution < -0.4 is 10.6 Å². The highest BCUT2D eigenvalue weighted by Gasteiger charge is 2.39. The van der Waals surface area contributed by atoms with Crippen LogP contribution in [0.3, 0.4) is 0 Å². The van der Waals surface area contributed by atoms with Crippen molar-refractivity contribution in [1.82, 2.24) is 15.3 Å². The quantitative estimate of drug-likeness (QED) is 0.442. The van der Waals surface area contributed by atoms with E-state index in [4.69, 9.17) is 0 Å². The van der Waals surface area contributed by atoms with Gasteiger partial charge in [-0.25, -0.2) is 9.97 Å². The highest BCUT2D eigenvalue weighted by atomic mass is 19.4. The number of nitrogens with one attached hydrogen (secondary N) is 2. The van der Waals surface area contributed by atoms with E-state index in [0.717, 1.165) is 32.1 Å². The summed E-state index contributed by atoms with van der Waals surface area (Å²) in [4.78, 5) is 19.0. The normalized spacial score (nSPS) is 15.7. The Morgan fingerprint density at radius 1 is 0.857 bits per heavy atom. The van der Waals surface area contributed by atoms with Gasteiger partial charge in [-0.05, 0) is 37.0 Å². The molecule has 0 bridgehead atoms. The first-order valence-electron chi connectivity index (χ1n) is 10.4. The minimum Gasteiger partial charge on any atom is -0.352 e. The molecular weight excluding hydrogens is 495 g/mol. The Bertz CT molecular complexity index is 1030. The molecule has 0 aliphatic heterocycles. The molecule has 1 amide bonds. The Labute approximate surface area is 193 Å². The van der Waals surface area contributed by atoms with Gasteiger partial charge in [0.15, 0.2) is 5.69 Å². The third-order valence-electron chi connectivity index (χ3n) is 5.42. The Kier molecular flexibility index (Phi) is 7.50. The number of carbonyl (C=O) groups excluding carboxylic acids is 1. The number of halogens is 9. The molecule has 1 aromatic carbocycles. The highest BCUT2D eigenvalue weighted by molar-refractivity contribution is 5.95. The summed E-state index contributed by atoms with van der Waals surface area (Å²) in [7, 11) is 0. The molecule has 1 aliphatic carbocycles. The van der Waals surface area contributed by atoms with Gasteiger partial charge in [0, 0.05) is 18.4 Å². The topological polar surface area (TPSA) is 66.9 Å². The van der Waals surface area contributed by atoms with Gasteiger partial charge in [0.25, 0.3) is 5.91 Å². The largest absolute Gasteiger partial charge is 0.434 e. The zero-order valence-corrected chi connectivity index (χ0v) is 17.8. The molecule has 192 valence electrons. The highest BCUT2D eigenvalue weighted by Crippen LogP contribution is 2.38. The molecular formula is C21H19F9N4O. The van der Waals surface area contributed by atoms with E-state index in [0.29, 0.717) is 6.20 Å². The fourth-order valence-corrected chi connectivity index (χ4v) is 3.70. The molecule has 3 rings (SSSR count). The molecule has 35 heavy (non-hydrogen) atoms. The standard InChI is InChI=1S/C21H19F9N4O/c22-19(23,24)12-6-13(20(25,26)27)8-14(7-12)33-18-32-10-15(16(34-18)21(28,29)30)17(35)31-9-11-4-2-1-3-5-11/h6-8,10-11H,1-5,9H2,(H,31,35)(H,32,33,34). The average molecular weight is 514 g/mol. The van der Waals surface area contributed by atoms with E-state index in [1.807, 2.05) is 5.32 Å². The zero-order chi connectivity index (χ0) is 26.0. The monoisotopic (exact) mass is 514 g/mol. The van der Waals surface area contributed by atoms with Crippen molar-refractivity contribution in [3.8, 4) is 0 Å². The van der Waals surface area contributed by atoms with Crippen molar-refractivity contribution < 1.29 is 44.3 Å². The molecule has 2 aromatic rings. The van der Waals surface area contributed by atoms with Crippen LogP contribution in [0, 0.1) is 5.92 Å². The van der Waals surface area contributed by atoms with Gasteiger partial charge in [-0.3, -0.25) is 4.79 Å². The number of carbonyl (C=O) groups is 1. The van der Waals surface area contributed by atoms with E-state index in [9.17, 15) is 44.3 Å². The lowest BCUT2D eigenvalue weighted by Crippen LogP contribution is -2.32. The zero-order valence-electron chi connectivity index (χ0n) is 17.8. The number of nitrogens with zero attached hydrogens (tertiary/aromatic N) is 2. The third kappa shape index (κ3) is 6.98. The predicted octanol–water partition coefficient (Wildman–Crippen LogP) is 6.59. The summed E-state index contributed by atoms with van der Waals surface area (Å²) in [6.45, 7) is 0.153. The van der Waals surface area contributed by atoms with Crippen LogP contribution >= 0.6 is 0 Å². The minimum absolute atomic E-state index is 0.118. The van der Waals surface area contributed by atoms with Gasteiger partial charge in [0.05, 0.1) is 16.7 Å². The molecule has 0 radical (unpaired) electrons. The Hall–Kier alpha value is -3.06. The van der Waals surface area contributed by atoms with E-state index in [2.05, 4.69) is 15.3 Å². The molecule has 1 saturated carbocycles. The maximum atomic E-state index is 13.6. The van der Waals surface area contributed by atoms with Gasteiger partial charge in [-0.2, -0.15) is 39.5 Å². The summed E-state index contributed by atoms with van der Waals surface area (Å²) < 4.78 is 119. The number of aromatic nitrogens is 2. The van der Waals surface area contributed by atoms with Crippen LogP contribution in [0.15, 0.2) is 24.4 Å². The van der Waals surface area contributed by atoms with Gasteiger partial charge in [0.2, 0.25) is 5.95 Å². The van der Waals surface area contributed by atoms with Crippen LogP contribution in [0.25, 0.3) is 0 Å². The fourth-order valence-electron chi connectivity index (χ4n) is 3.70. The first-order valence-corrected chi connectivity index (χ1v) is 10.4. The Balaban J connectivity index is 1.89. The third-order valence-corrected chi connectivity index (χ3v) is 5.42. The second kappa shape index (κ2) is 9.90. The summed E-state index contributed by atoms with van der Waals surface area (Å²) >= 11 is 0. The number of amides is 1. The number of hydrogen-bond acceptors (Lipinski definition) is 4. The SMILES string of the molecule is O=C(NCC1CCCCC1)c1cnc(Nc2cc(C(F)(F)F)cc(C(F)(F)F)c2)nc1C(F)(F)F. The lowest BCUT2D eigenvalue weighted by Gasteiger charge is -2.22. The van der Waals surface area contributed by atoms with Gasteiger partial charge in [-0.15, -0.1) is 0 Å². The van der Waals surface area contributed by atoms with Gasteiger partial charge >= 0.3 is 18.5 Å². The smallest absolute Gasteiger partial charge is 0.352 e. The maximum absolute atomic E-state index is 13.6. The van der Waals surface area contributed by atoms with E-state index in [1.165, 1.54) is 0 Å². The molecule has 1 heterocycles. The van der Waals surface area contributed by atoms with Crippen LogP contribution in [0.2, 0.25) is 0 Å². The van der Waals surface area contributed by atoms with Crippen LogP contribution in [-0.2, 0) is 18.5 Å². The van der Waals surface area contributed by atoms with Crippen molar-refractivity contribution in [2.75, 3.05) is 11.9 Å². The van der Waals surface area contributed by atoms with E-state index in [1.54, 1.807) is 0 Å². The van der Waals surface area contributed by atoms with Crippen LogP contribution in [0.4, 0.5) is 51.1 Å². The first kappa shape index (κ1) is 26.5. The van der Waals surface area contributed by atoms with Crippen molar-refractivity contribution in [3.05, 3.63) is 46.8 Å². The predicted molar refractivity (Wildman–Crippen MR) is 106 cm³/mol. The maximum Gasteiger partial charge on any atom is 0.434 e. The minimum atomic E-state index is -5.16. The lowest BCUT2D eigenvalue weighted by atomic mass is 9.89. The van der Waals surface area contributed by atoms with Crippen LogP contribution in [0.1, 0.15) is 59.3 Å². The Morgan fingerprint density at radius 2 is 1.43 bits per heavy atom. The molecule has 5 nitrogen and oxygen atoms in total. The molecule has 1 aromatic heterocycles. The molecule has 14 heteroatoms. The summed E-state index contributed by atoms with van der Waals surface area (Å²) in [6.07, 6.45) is -10.4. The summed E-state index contributed by atoms with van der Waals surface area (Å²) in [5.41, 5.74) is -6.79. The molecule has 2 N–H and O–H groups in total. The molecule has 1 aliphatic rings.